The lowest BCUT2D eigenvalue weighted by Crippen LogP contribution is -2.39. The number of nitrogens with one attached hydrogen (secondary N) is 1. The summed E-state index contributed by atoms with van der Waals surface area (Å²) in [5, 5.41) is 2.75. The molecule has 0 aliphatic carbocycles. The molecule has 0 fully saturated rings. The zero-order chi connectivity index (χ0) is 12.1. The number of benzene rings is 1. The van der Waals surface area contributed by atoms with E-state index in [1.165, 1.54) is 0 Å². The Morgan fingerprint density at radius 1 is 1.31 bits per heavy atom. The number of amides is 1. The first-order valence-electron chi connectivity index (χ1n) is 5.25. The quantitative estimate of drug-likeness (QED) is 0.813. The van der Waals surface area contributed by atoms with Crippen LogP contribution >= 0.6 is 0 Å². The molecular weight excluding hydrogens is 204 g/mol. The molecule has 4 nitrogen and oxygen atoms in total. The van der Waals surface area contributed by atoms with E-state index in [1.807, 2.05) is 13.8 Å². The van der Waals surface area contributed by atoms with Crippen LogP contribution in [0.2, 0.25) is 0 Å². The van der Waals surface area contributed by atoms with Crippen LogP contribution in [0.4, 0.5) is 5.69 Å². The lowest BCUT2D eigenvalue weighted by atomic mass is 10.1. The number of carbonyl (C=O) groups is 1. The second-order valence-electron chi connectivity index (χ2n) is 3.99. The molecule has 1 rings (SSSR count). The molecule has 3 N–H and O–H groups in total. The lowest BCUT2D eigenvalue weighted by molar-refractivity contribution is -0.118. The number of hydrogen-bond donors (Lipinski definition) is 2. The SMILES string of the molecule is COc1ccc(NC(=O)[C@@H](N)C(C)C)cc1. The molecule has 1 aromatic carbocycles. The normalized spacial score (nSPS) is 12.3. The van der Waals surface area contributed by atoms with Gasteiger partial charge in [-0.3, -0.25) is 4.79 Å². The van der Waals surface area contributed by atoms with E-state index in [0.717, 1.165) is 11.4 Å². The van der Waals surface area contributed by atoms with Crippen molar-refractivity contribution in [3.8, 4) is 5.75 Å². The molecule has 88 valence electrons. The Bertz CT molecular complexity index is 347. The van der Waals surface area contributed by atoms with Crippen molar-refractivity contribution in [2.24, 2.45) is 11.7 Å². The fourth-order valence-corrected chi connectivity index (χ4v) is 1.20. The van der Waals surface area contributed by atoms with Crippen molar-refractivity contribution < 1.29 is 9.53 Å². The molecule has 0 heterocycles. The van der Waals surface area contributed by atoms with Crippen LogP contribution in [0.25, 0.3) is 0 Å². The summed E-state index contributed by atoms with van der Waals surface area (Å²) in [4.78, 5) is 11.6. The third-order valence-corrected chi connectivity index (χ3v) is 2.38. The summed E-state index contributed by atoms with van der Waals surface area (Å²) in [6, 6.07) is 6.66. The Kier molecular flexibility index (Phi) is 4.31. The minimum atomic E-state index is -0.484. The van der Waals surface area contributed by atoms with Gasteiger partial charge in [0.15, 0.2) is 0 Å². The summed E-state index contributed by atoms with van der Waals surface area (Å²) in [5.74, 6) is 0.713. The largest absolute Gasteiger partial charge is 0.497 e. The molecule has 1 atom stereocenters. The number of ether oxygens (including phenoxy) is 1. The first kappa shape index (κ1) is 12.5. The Hall–Kier alpha value is -1.55. The summed E-state index contributed by atoms with van der Waals surface area (Å²) in [6.45, 7) is 3.83. The van der Waals surface area contributed by atoms with Crippen molar-refractivity contribution in [3.63, 3.8) is 0 Å². The van der Waals surface area contributed by atoms with Crippen LogP contribution in [0.15, 0.2) is 24.3 Å². The van der Waals surface area contributed by atoms with E-state index in [2.05, 4.69) is 5.32 Å². The van der Waals surface area contributed by atoms with Gasteiger partial charge in [0.2, 0.25) is 5.91 Å². The number of rotatable bonds is 4. The fraction of sp³-hybridized carbons (Fsp3) is 0.417. The average Bonchev–Trinajstić information content (AvgIpc) is 2.28. The van der Waals surface area contributed by atoms with Gasteiger partial charge >= 0.3 is 0 Å². The molecular formula is C12H18N2O2. The molecule has 1 aromatic rings. The number of nitrogens with two attached hydrogens (primary N) is 1. The average molecular weight is 222 g/mol. The molecule has 0 bridgehead atoms. The molecule has 0 saturated carbocycles. The zero-order valence-corrected chi connectivity index (χ0v) is 9.86. The van der Waals surface area contributed by atoms with Gasteiger partial charge in [-0.2, -0.15) is 0 Å². The molecule has 0 aliphatic rings. The van der Waals surface area contributed by atoms with E-state index in [9.17, 15) is 4.79 Å². The van der Waals surface area contributed by atoms with Gasteiger partial charge in [0, 0.05) is 5.69 Å². The molecule has 1 amide bonds. The van der Waals surface area contributed by atoms with Crippen molar-refractivity contribution >= 4 is 11.6 Å². The molecule has 16 heavy (non-hydrogen) atoms. The number of methoxy groups -OCH3 is 1. The molecule has 0 aromatic heterocycles. The van der Waals surface area contributed by atoms with Crippen LogP contribution in [-0.4, -0.2) is 19.1 Å². The van der Waals surface area contributed by atoms with Gasteiger partial charge < -0.3 is 15.8 Å². The van der Waals surface area contributed by atoms with Gasteiger partial charge in [0.25, 0.3) is 0 Å². The Morgan fingerprint density at radius 3 is 2.31 bits per heavy atom. The van der Waals surface area contributed by atoms with E-state index in [-0.39, 0.29) is 11.8 Å². The predicted octanol–water partition coefficient (Wildman–Crippen LogP) is 1.62. The van der Waals surface area contributed by atoms with E-state index >= 15 is 0 Å². The van der Waals surface area contributed by atoms with Crippen LogP contribution in [0.3, 0.4) is 0 Å². The first-order chi connectivity index (χ1) is 7.54. The van der Waals surface area contributed by atoms with E-state index < -0.39 is 6.04 Å². The summed E-state index contributed by atoms with van der Waals surface area (Å²) >= 11 is 0. The van der Waals surface area contributed by atoms with E-state index in [4.69, 9.17) is 10.5 Å². The molecule has 0 radical (unpaired) electrons. The van der Waals surface area contributed by atoms with Crippen LogP contribution in [-0.2, 0) is 4.79 Å². The highest BCUT2D eigenvalue weighted by atomic mass is 16.5. The van der Waals surface area contributed by atoms with Crippen molar-refractivity contribution in [1.29, 1.82) is 0 Å². The molecule has 0 aliphatic heterocycles. The Balaban J connectivity index is 2.62. The minimum absolute atomic E-state index is 0.123. The van der Waals surface area contributed by atoms with E-state index in [1.54, 1.807) is 31.4 Å². The Morgan fingerprint density at radius 2 is 1.88 bits per heavy atom. The summed E-state index contributed by atoms with van der Waals surface area (Å²) in [6.07, 6.45) is 0. The highest BCUT2D eigenvalue weighted by Crippen LogP contribution is 2.15. The van der Waals surface area contributed by atoms with Gasteiger partial charge in [0.1, 0.15) is 5.75 Å². The van der Waals surface area contributed by atoms with Gasteiger partial charge in [-0.05, 0) is 30.2 Å². The molecule has 0 unspecified atom stereocenters. The van der Waals surface area contributed by atoms with Gasteiger partial charge in [-0.15, -0.1) is 0 Å². The summed E-state index contributed by atoms with van der Waals surface area (Å²) in [5.41, 5.74) is 6.45. The van der Waals surface area contributed by atoms with Gasteiger partial charge in [0.05, 0.1) is 13.2 Å². The Labute approximate surface area is 95.8 Å². The van der Waals surface area contributed by atoms with Gasteiger partial charge in [-0.25, -0.2) is 0 Å². The standard InChI is InChI=1S/C12H18N2O2/c1-8(2)11(13)12(15)14-9-4-6-10(16-3)7-5-9/h4-8,11H,13H2,1-3H3,(H,14,15)/t11-/m0/s1. The van der Waals surface area contributed by atoms with Crippen molar-refractivity contribution in [2.75, 3.05) is 12.4 Å². The monoisotopic (exact) mass is 222 g/mol. The van der Waals surface area contributed by atoms with E-state index in [0.29, 0.717) is 0 Å². The van der Waals surface area contributed by atoms with Crippen LogP contribution < -0.4 is 15.8 Å². The first-order valence-corrected chi connectivity index (χ1v) is 5.25. The zero-order valence-electron chi connectivity index (χ0n) is 9.86. The van der Waals surface area contributed by atoms with Crippen molar-refractivity contribution in [3.05, 3.63) is 24.3 Å². The molecule has 0 saturated heterocycles. The van der Waals surface area contributed by atoms with Crippen LogP contribution in [0, 0.1) is 5.92 Å². The second kappa shape index (κ2) is 5.51. The summed E-state index contributed by atoms with van der Waals surface area (Å²) in [7, 11) is 1.60. The number of hydrogen-bond acceptors (Lipinski definition) is 3. The molecule has 0 spiro atoms. The lowest BCUT2D eigenvalue weighted by Gasteiger charge is -2.15. The fourth-order valence-electron chi connectivity index (χ4n) is 1.20. The molecule has 4 heteroatoms. The predicted molar refractivity (Wildman–Crippen MR) is 64.4 cm³/mol. The smallest absolute Gasteiger partial charge is 0.241 e. The maximum Gasteiger partial charge on any atom is 0.241 e. The second-order valence-corrected chi connectivity index (χ2v) is 3.99. The highest BCUT2D eigenvalue weighted by Gasteiger charge is 2.16. The number of carbonyl (C=O) groups excluding carboxylic acids is 1. The topological polar surface area (TPSA) is 64.3 Å². The van der Waals surface area contributed by atoms with Crippen LogP contribution in [0.5, 0.6) is 5.75 Å². The van der Waals surface area contributed by atoms with Crippen molar-refractivity contribution in [1.82, 2.24) is 0 Å². The minimum Gasteiger partial charge on any atom is -0.497 e. The highest BCUT2D eigenvalue weighted by molar-refractivity contribution is 5.94. The third-order valence-electron chi connectivity index (χ3n) is 2.38. The number of anilines is 1. The van der Waals surface area contributed by atoms with Gasteiger partial charge in [-0.1, -0.05) is 13.8 Å². The maximum atomic E-state index is 11.6. The van der Waals surface area contributed by atoms with Crippen LogP contribution in [0.1, 0.15) is 13.8 Å². The third kappa shape index (κ3) is 3.24. The van der Waals surface area contributed by atoms with Crippen molar-refractivity contribution in [2.45, 2.75) is 19.9 Å². The summed E-state index contributed by atoms with van der Waals surface area (Å²) < 4.78 is 5.02. The maximum absolute atomic E-state index is 11.6.